The fraction of sp³-hybridized carbons (Fsp3) is 0.600. The number of hydrogen-bond donors (Lipinski definition) is 2. The zero-order valence-corrected chi connectivity index (χ0v) is 8.97. The Morgan fingerprint density at radius 1 is 1.53 bits per heavy atom. The number of aliphatic carboxylic acids is 1. The molecule has 0 aliphatic carbocycles. The van der Waals surface area contributed by atoms with E-state index in [-0.39, 0.29) is 6.04 Å². The Morgan fingerprint density at radius 2 is 2.13 bits per heavy atom. The topological polar surface area (TPSA) is 89.6 Å². The van der Waals surface area contributed by atoms with Crippen molar-refractivity contribution in [1.82, 2.24) is 0 Å². The van der Waals surface area contributed by atoms with Gasteiger partial charge in [0.25, 0.3) is 0 Å². The zero-order chi connectivity index (χ0) is 11.8. The Hall–Kier alpha value is -1.36. The molecular weight excluding hydrogens is 198 g/mol. The molecule has 0 heterocycles. The third-order valence-corrected chi connectivity index (χ3v) is 1.84. The molecule has 0 aromatic rings. The highest BCUT2D eigenvalue weighted by molar-refractivity contribution is 5.95. The lowest BCUT2D eigenvalue weighted by Gasteiger charge is -2.04. The summed E-state index contributed by atoms with van der Waals surface area (Å²) in [4.78, 5) is 21.7. The van der Waals surface area contributed by atoms with E-state index in [1.54, 1.807) is 6.08 Å². The van der Waals surface area contributed by atoms with Gasteiger partial charge in [-0.15, -0.1) is 0 Å². The summed E-state index contributed by atoms with van der Waals surface area (Å²) in [5, 5.41) is 8.71. The van der Waals surface area contributed by atoms with Gasteiger partial charge < -0.3 is 15.6 Å². The van der Waals surface area contributed by atoms with E-state index in [0.717, 1.165) is 13.5 Å². The summed E-state index contributed by atoms with van der Waals surface area (Å²) in [6.45, 7) is 1.86. The van der Waals surface area contributed by atoms with Gasteiger partial charge in [0.1, 0.15) is 0 Å². The first-order valence-electron chi connectivity index (χ1n) is 4.72. The lowest BCUT2D eigenvalue weighted by molar-refractivity contribution is -0.154. The summed E-state index contributed by atoms with van der Waals surface area (Å²) in [6.07, 6.45) is 4.37. The van der Waals surface area contributed by atoms with Gasteiger partial charge in [-0.2, -0.15) is 0 Å². The number of nitrogens with two attached hydrogens (primary N) is 1. The summed E-state index contributed by atoms with van der Waals surface area (Å²) in [6, 6.07) is 0.0658. The van der Waals surface area contributed by atoms with Gasteiger partial charge in [0.15, 0.2) is 5.92 Å². The molecule has 0 amide bonds. The van der Waals surface area contributed by atoms with Crippen molar-refractivity contribution in [3.05, 3.63) is 12.2 Å². The van der Waals surface area contributed by atoms with Crippen LogP contribution in [0.2, 0.25) is 0 Å². The number of esters is 1. The molecule has 0 aliphatic rings. The first-order chi connectivity index (χ1) is 6.99. The van der Waals surface area contributed by atoms with Crippen molar-refractivity contribution in [1.29, 1.82) is 0 Å². The number of carbonyl (C=O) groups excluding carboxylic acids is 1. The molecule has 15 heavy (non-hydrogen) atoms. The predicted molar refractivity (Wildman–Crippen MR) is 55.2 cm³/mol. The summed E-state index contributed by atoms with van der Waals surface area (Å²) in [7, 11) is 1.16. The monoisotopic (exact) mass is 215 g/mol. The average Bonchev–Trinajstić information content (AvgIpc) is 2.15. The fourth-order valence-electron chi connectivity index (χ4n) is 0.980. The average molecular weight is 215 g/mol. The molecular formula is C10H17NO4. The standard InChI is InChI=1S/C10H17NO4/c1-7(11)5-3-4-6-8(9(12)13)10(14)15-2/h4,6-8H,3,5,11H2,1-2H3,(H,12,13). The van der Waals surface area contributed by atoms with E-state index >= 15 is 0 Å². The van der Waals surface area contributed by atoms with Gasteiger partial charge in [0, 0.05) is 6.04 Å². The zero-order valence-electron chi connectivity index (χ0n) is 8.97. The number of hydrogen-bond acceptors (Lipinski definition) is 4. The van der Waals surface area contributed by atoms with Crippen LogP contribution >= 0.6 is 0 Å². The SMILES string of the molecule is COC(=O)C(C=CCCC(C)N)C(=O)O. The van der Waals surface area contributed by atoms with E-state index in [9.17, 15) is 9.59 Å². The van der Waals surface area contributed by atoms with E-state index in [0.29, 0.717) is 6.42 Å². The molecule has 0 saturated carbocycles. The minimum atomic E-state index is -1.22. The van der Waals surface area contributed by atoms with E-state index < -0.39 is 17.9 Å². The van der Waals surface area contributed by atoms with Crippen LogP contribution in [0.4, 0.5) is 0 Å². The predicted octanol–water partition coefficient (Wildman–Crippen LogP) is 0.544. The number of allylic oxidation sites excluding steroid dienone is 1. The highest BCUT2D eigenvalue weighted by Gasteiger charge is 2.23. The molecule has 0 spiro atoms. The van der Waals surface area contributed by atoms with Crippen LogP contribution < -0.4 is 5.73 Å². The Labute approximate surface area is 88.9 Å². The van der Waals surface area contributed by atoms with Crippen molar-refractivity contribution in [3.8, 4) is 0 Å². The molecule has 0 saturated heterocycles. The summed E-state index contributed by atoms with van der Waals surface area (Å²) >= 11 is 0. The van der Waals surface area contributed by atoms with Crippen LogP contribution in [-0.4, -0.2) is 30.2 Å². The first-order valence-corrected chi connectivity index (χ1v) is 4.72. The number of methoxy groups -OCH3 is 1. The summed E-state index contributed by atoms with van der Waals surface area (Å²) in [5.41, 5.74) is 5.51. The molecule has 0 aromatic heterocycles. The van der Waals surface area contributed by atoms with Gasteiger partial charge in [0.05, 0.1) is 7.11 Å². The lowest BCUT2D eigenvalue weighted by Crippen LogP contribution is -2.22. The molecule has 5 nitrogen and oxygen atoms in total. The van der Waals surface area contributed by atoms with E-state index in [1.807, 2.05) is 6.92 Å². The third kappa shape index (κ3) is 5.85. The van der Waals surface area contributed by atoms with Crippen molar-refractivity contribution in [2.24, 2.45) is 11.7 Å². The number of carboxylic acid groups (broad SMARTS) is 1. The summed E-state index contributed by atoms with van der Waals surface area (Å²) in [5.74, 6) is -3.19. The molecule has 5 heteroatoms. The maximum atomic E-state index is 11.0. The van der Waals surface area contributed by atoms with Gasteiger partial charge in [-0.1, -0.05) is 12.2 Å². The van der Waals surface area contributed by atoms with Crippen molar-refractivity contribution in [2.45, 2.75) is 25.8 Å². The number of carboxylic acids is 1. The van der Waals surface area contributed by atoms with E-state index in [2.05, 4.69) is 4.74 Å². The Morgan fingerprint density at radius 3 is 2.53 bits per heavy atom. The van der Waals surface area contributed by atoms with Crippen LogP contribution in [0.3, 0.4) is 0 Å². The molecule has 0 aliphatic heterocycles. The van der Waals surface area contributed by atoms with Gasteiger partial charge in [0.2, 0.25) is 0 Å². The number of ether oxygens (including phenoxy) is 1. The molecule has 86 valence electrons. The van der Waals surface area contributed by atoms with Crippen molar-refractivity contribution in [3.63, 3.8) is 0 Å². The van der Waals surface area contributed by atoms with E-state index in [4.69, 9.17) is 10.8 Å². The molecule has 0 bridgehead atoms. The van der Waals surface area contributed by atoms with Crippen molar-refractivity contribution in [2.75, 3.05) is 7.11 Å². The molecule has 0 aromatic carbocycles. The molecule has 2 atom stereocenters. The van der Waals surface area contributed by atoms with Gasteiger partial charge >= 0.3 is 11.9 Å². The number of carbonyl (C=O) groups is 2. The highest BCUT2D eigenvalue weighted by atomic mass is 16.5. The van der Waals surface area contributed by atoms with Gasteiger partial charge in [-0.3, -0.25) is 9.59 Å². The molecule has 0 fully saturated rings. The van der Waals surface area contributed by atoms with Crippen LogP contribution in [-0.2, 0) is 14.3 Å². The van der Waals surface area contributed by atoms with Crippen molar-refractivity contribution < 1.29 is 19.4 Å². The second-order valence-electron chi connectivity index (χ2n) is 3.32. The molecule has 0 rings (SSSR count). The largest absolute Gasteiger partial charge is 0.480 e. The van der Waals surface area contributed by atoms with Crippen LogP contribution in [0.1, 0.15) is 19.8 Å². The Kier molecular flexibility index (Phi) is 6.37. The summed E-state index contributed by atoms with van der Waals surface area (Å²) < 4.78 is 4.36. The van der Waals surface area contributed by atoms with Crippen LogP contribution in [0, 0.1) is 5.92 Å². The lowest BCUT2D eigenvalue weighted by atomic mass is 10.1. The molecule has 2 unspecified atom stereocenters. The quantitative estimate of drug-likeness (QED) is 0.383. The van der Waals surface area contributed by atoms with Crippen LogP contribution in [0.5, 0.6) is 0 Å². The third-order valence-electron chi connectivity index (χ3n) is 1.84. The smallest absolute Gasteiger partial charge is 0.323 e. The Balaban J connectivity index is 4.17. The van der Waals surface area contributed by atoms with E-state index in [1.165, 1.54) is 6.08 Å². The normalized spacial score (nSPS) is 14.9. The van der Waals surface area contributed by atoms with Gasteiger partial charge in [-0.05, 0) is 19.8 Å². The minimum Gasteiger partial charge on any atom is -0.480 e. The van der Waals surface area contributed by atoms with Crippen LogP contribution in [0.15, 0.2) is 12.2 Å². The minimum absolute atomic E-state index is 0.0658. The Bertz CT molecular complexity index is 248. The molecule has 3 N–H and O–H groups in total. The maximum absolute atomic E-state index is 11.0. The number of rotatable bonds is 6. The second-order valence-corrected chi connectivity index (χ2v) is 3.32. The second kappa shape index (κ2) is 7.00. The van der Waals surface area contributed by atoms with Gasteiger partial charge in [-0.25, -0.2) is 0 Å². The van der Waals surface area contributed by atoms with Crippen molar-refractivity contribution >= 4 is 11.9 Å². The van der Waals surface area contributed by atoms with Crippen LogP contribution in [0.25, 0.3) is 0 Å². The molecule has 0 radical (unpaired) electrons. The maximum Gasteiger partial charge on any atom is 0.323 e. The first kappa shape index (κ1) is 13.6. The highest BCUT2D eigenvalue weighted by Crippen LogP contribution is 2.04. The fourth-order valence-corrected chi connectivity index (χ4v) is 0.980.